The molecule has 0 spiro atoms. The summed E-state index contributed by atoms with van der Waals surface area (Å²) in [6.07, 6.45) is 3.81. The van der Waals surface area contributed by atoms with E-state index in [0.29, 0.717) is 21.7 Å². The second-order valence-corrected chi connectivity index (χ2v) is 6.45. The van der Waals surface area contributed by atoms with Crippen molar-refractivity contribution >= 4 is 17.2 Å². The molecule has 0 unspecified atom stereocenters. The summed E-state index contributed by atoms with van der Waals surface area (Å²) in [4.78, 5) is 12.9. The highest BCUT2D eigenvalue weighted by Gasteiger charge is 2.42. The number of nitriles is 1. The summed E-state index contributed by atoms with van der Waals surface area (Å²) in [5.74, 6) is -0.761. The molecule has 1 aromatic carbocycles. The van der Waals surface area contributed by atoms with Crippen LogP contribution in [0.15, 0.2) is 30.3 Å². The largest absolute Gasteiger partial charge is 0.477 e. The van der Waals surface area contributed by atoms with Gasteiger partial charge in [-0.3, -0.25) is 4.79 Å². The van der Waals surface area contributed by atoms with Crippen LogP contribution >= 0.6 is 11.3 Å². The zero-order valence-electron chi connectivity index (χ0n) is 12.2. The average Bonchev–Trinajstić information content (AvgIpc) is 3.17. The topological polar surface area (TPSA) is 76.1 Å². The normalized spacial score (nSPS) is 16.0. The van der Waals surface area contributed by atoms with Crippen LogP contribution in [0.4, 0.5) is 4.39 Å². The van der Waals surface area contributed by atoms with E-state index < -0.39 is 17.3 Å². The number of primary amides is 1. The Morgan fingerprint density at radius 1 is 1.39 bits per heavy atom. The van der Waals surface area contributed by atoms with Gasteiger partial charge in [-0.15, -0.1) is 11.3 Å². The first-order chi connectivity index (χ1) is 11.0. The lowest BCUT2D eigenvalue weighted by Gasteiger charge is -2.26. The number of nitrogens with two attached hydrogens (primary N) is 1. The van der Waals surface area contributed by atoms with Crippen LogP contribution in [0.3, 0.4) is 0 Å². The predicted octanol–water partition coefficient (Wildman–Crippen LogP) is 3.42. The third-order valence-electron chi connectivity index (χ3n) is 3.87. The number of nitrogens with zero attached hydrogens (tertiary/aromatic N) is 1. The molecule has 1 atom stereocenters. The van der Waals surface area contributed by atoms with Crippen molar-refractivity contribution in [2.45, 2.75) is 24.9 Å². The van der Waals surface area contributed by atoms with Crippen molar-refractivity contribution in [3.8, 4) is 22.3 Å². The van der Waals surface area contributed by atoms with Crippen molar-refractivity contribution in [1.82, 2.24) is 0 Å². The van der Waals surface area contributed by atoms with Gasteiger partial charge < -0.3 is 10.5 Å². The maximum atomic E-state index is 14.4. The summed E-state index contributed by atoms with van der Waals surface area (Å²) >= 11 is 1.22. The third-order valence-corrected chi connectivity index (χ3v) is 4.89. The van der Waals surface area contributed by atoms with Gasteiger partial charge in [0.15, 0.2) is 5.60 Å². The molecule has 1 fully saturated rings. The summed E-state index contributed by atoms with van der Waals surface area (Å²) in [5.41, 5.74) is 4.69. The minimum Gasteiger partial charge on any atom is -0.477 e. The fourth-order valence-corrected chi connectivity index (χ4v) is 3.51. The predicted molar refractivity (Wildman–Crippen MR) is 85.1 cm³/mol. The number of halogens is 1. The van der Waals surface area contributed by atoms with Crippen molar-refractivity contribution in [1.29, 1.82) is 5.26 Å². The Labute approximate surface area is 137 Å². The van der Waals surface area contributed by atoms with E-state index in [0.717, 1.165) is 12.8 Å². The summed E-state index contributed by atoms with van der Waals surface area (Å²) in [6, 6.07) is 9.83. The lowest BCUT2D eigenvalue weighted by Crippen LogP contribution is -2.47. The van der Waals surface area contributed by atoms with Crippen molar-refractivity contribution in [3.63, 3.8) is 0 Å². The monoisotopic (exact) mass is 329 g/mol. The molecule has 1 saturated carbocycles. The number of carbonyl (C=O) groups excluding carboxylic acids is 1. The van der Waals surface area contributed by atoms with Gasteiger partial charge in [0, 0.05) is 22.9 Å². The summed E-state index contributed by atoms with van der Waals surface area (Å²) in [7, 11) is 0. The number of benzene rings is 1. The van der Waals surface area contributed by atoms with E-state index in [9.17, 15) is 9.18 Å². The molecule has 1 aromatic heterocycles. The second-order valence-electron chi connectivity index (χ2n) is 5.37. The van der Waals surface area contributed by atoms with Crippen molar-refractivity contribution < 1.29 is 13.9 Å². The van der Waals surface area contributed by atoms with Crippen LogP contribution in [-0.4, -0.2) is 11.5 Å². The Balaban J connectivity index is 1.87. The lowest BCUT2D eigenvalue weighted by atomic mass is 10.0. The summed E-state index contributed by atoms with van der Waals surface area (Å²) < 4.78 is 20.1. The Kier molecular flexibility index (Phi) is 4.05. The summed E-state index contributed by atoms with van der Waals surface area (Å²) in [5, 5.41) is 8.85. The molecule has 23 heavy (non-hydrogen) atoms. The van der Waals surface area contributed by atoms with Crippen molar-refractivity contribution in [2.75, 3.05) is 0 Å². The first-order valence-corrected chi connectivity index (χ1v) is 7.99. The third kappa shape index (κ3) is 2.92. The number of ether oxygens (including phenoxy) is 1. The Bertz CT molecular complexity index is 788. The molecule has 1 radical (unpaired) electrons. The molecule has 1 amide bonds. The highest BCUT2D eigenvalue weighted by molar-refractivity contribution is 7.16. The first kappa shape index (κ1) is 15.5. The van der Waals surface area contributed by atoms with Gasteiger partial charge in [0.1, 0.15) is 22.5 Å². The zero-order valence-corrected chi connectivity index (χ0v) is 13.0. The molecule has 6 heteroatoms. The zero-order chi connectivity index (χ0) is 16.4. The molecule has 1 aliphatic carbocycles. The highest BCUT2D eigenvalue weighted by Crippen LogP contribution is 2.36. The molecule has 1 heterocycles. The molecule has 0 saturated heterocycles. The Morgan fingerprint density at radius 2 is 2.22 bits per heavy atom. The molecule has 4 nitrogen and oxygen atoms in total. The van der Waals surface area contributed by atoms with E-state index in [1.807, 2.05) is 6.07 Å². The molecular formula is C17H14FN2O2S. The van der Waals surface area contributed by atoms with Gasteiger partial charge in [-0.05, 0) is 43.5 Å². The highest BCUT2D eigenvalue weighted by atomic mass is 32.1. The molecule has 0 aliphatic heterocycles. The Morgan fingerprint density at radius 3 is 2.78 bits per heavy atom. The SMILES string of the molecule is N#Cc1ccc(-c2ccc(O[C@]3(C(N)=O)[CH]CCC3)cc2F)s1. The number of thiophene rings is 1. The standard InChI is InChI=1S/C17H14FN2O2S/c18-14-9-11(22-17(16(20)21)7-1-2-8-17)3-5-13(14)15-6-4-12(10-19)23-15/h3-7,9H,1-2,8H2,(H2,20,21)/t17-/m1/s1. The maximum absolute atomic E-state index is 14.4. The smallest absolute Gasteiger partial charge is 0.261 e. The molecule has 2 N–H and O–H groups in total. The molecule has 3 rings (SSSR count). The van der Waals surface area contributed by atoms with Gasteiger partial charge in [0.25, 0.3) is 5.91 Å². The quantitative estimate of drug-likeness (QED) is 0.934. The molecule has 117 valence electrons. The van der Waals surface area contributed by atoms with E-state index in [1.54, 1.807) is 30.7 Å². The van der Waals surface area contributed by atoms with Gasteiger partial charge >= 0.3 is 0 Å². The molecule has 1 aliphatic rings. The number of hydrogen-bond donors (Lipinski definition) is 1. The van der Waals surface area contributed by atoms with Crippen LogP contribution < -0.4 is 10.5 Å². The van der Waals surface area contributed by atoms with Gasteiger partial charge in [0.2, 0.25) is 0 Å². The van der Waals surface area contributed by atoms with Crippen molar-refractivity contribution in [3.05, 3.63) is 47.4 Å². The minimum absolute atomic E-state index is 0.264. The van der Waals surface area contributed by atoms with E-state index in [1.165, 1.54) is 17.4 Å². The van der Waals surface area contributed by atoms with Gasteiger partial charge in [-0.2, -0.15) is 5.26 Å². The number of carbonyl (C=O) groups is 1. The van der Waals surface area contributed by atoms with Crippen molar-refractivity contribution in [2.24, 2.45) is 5.73 Å². The molecule has 0 bridgehead atoms. The number of rotatable bonds is 4. The maximum Gasteiger partial charge on any atom is 0.261 e. The van der Waals surface area contributed by atoms with Crippen LogP contribution in [-0.2, 0) is 4.79 Å². The van der Waals surface area contributed by atoms with Crippen LogP contribution in [0.2, 0.25) is 0 Å². The average molecular weight is 329 g/mol. The number of hydrogen-bond acceptors (Lipinski definition) is 4. The number of amides is 1. The molecule has 2 aromatic rings. The van der Waals surface area contributed by atoms with Gasteiger partial charge in [-0.1, -0.05) is 0 Å². The van der Waals surface area contributed by atoms with Gasteiger partial charge in [-0.25, -0.2) is 4.39 Å². The van der Waals surface area contributed by atoms with Crippen LogP contribution in [0.25, 0.3) is 10.4 Å². The minimum atomic E-state index is -1.15. The van der Waals surface area contributed by atoms with Crippen LogP contribution in [0.5, 0.6) is 5.75 Å². The second kappa shape index (κ2) is 6.01. The first-order valence-electron chi connectivity index (χ1n) is 7.17. The fraction of sp³-hybridized carbons (Fsp3) is 0.235. The van der Waals surface area contributed by atoms with Gasteiger partial charge in [0.05, 0.1) is 0 Å². The summed E-state index contributed by atoms with van der Waals surface area (Å²) in [6.45, 7) is 0. The van der Waals surface area contributed by atoms with E-state index in [-0.39, 0.29) is 5.75 Å². The Hall–Kier alpha value is -2.39. The van der Waals surface area contributed by atoms with Crippen LogP contribution in [0, 0.1) is 23.6 Å². The van der Waals surface area contributed by atoms with E-state index >= 15 is 0 Å². The van der Waals surface area contributed by atoms with E-state index in [4.69, 9.17) is 15.7 Å². The molecular weight excluding hydrogens is 315 g/mol. The fourth-order valence-electron chi connectivity index (χ4n) is 2.68. The van der Waals surface area contributed by atoms with Crippen LogP contribution in [0.1, 0.15) is 24.1 Å². The van der Waals surface area contributed by atoms with E-state index in [2.05, 4.69) is 0 Å². The lowest BCUT2D eigenvalue weighted by molar-refractivity contribution is -0.130.